The molecule has 3 N–H and O–H groups in total. The molecule has 1 aliphatic rings. The van der Waals surface area contributed by atoms with Crippen LogP contribution in [0.1, 0.15) is 40.0 Å². The van der Waals surface area contributed by atoms with Crippen LogP contribution in [0.5, 0.6) is 0 Å². The number of morpholine rings is 1. The van der Waals surface area contributed by atoms with Crippen LogP contribution in [0.3, 0.4) is 0 Å². The van der Waals surface area contributed by atoms with E-state index >= 15 is 0 Å². The molecule has 0 aliphatic carbocycles. The molecule has 1 heterocycles. The molecule has 0 amide bonds. The van der Waals surface area contributed by atoms with Crippen molar-refractivity contribution in [1.82, 2.24) is 4.90 Å². The second-order valence-electron chi connectivity index (χ2n) is 6.03. The Morgan fingerprint density at radius 2 is 2.17 bits per heavy atom. The van der Waals surface area contributed by atoms with E-state index in [2.05, 4.69) is 18.7 Å². The molecule has 1 fully saturated rings. The van der Waals surface area contributed by atoms with Gasteiger partial charge in [0.05, 0.1) is 13.2 Å². The highest BCUT2D eigenvalue weighted by atomic mass is 16.5. The van der Waals surface area contributed by atoms with Crippen LogP contribution in [0.15, 0.2) is 0 Å². The molecule has 0 radical (unpaired) electrons. The lowest BCUT2D eigenvalue weighted by Gasteiger charge is -2.42. The largest absolute Gasteiger partial charge is 0.480 e. The number of hydrogen-bond acceptors (Lipinski definition) is 4. The summed E-state index contributed by atoms with van der Waals surface area (Å²) in [4.78, 5) is 13.3. The van der Waals surface area contributed by atoms with Gasteiger partial charge < -0.3 is 15.6 Å². The third-order valence-electron chi connectivity index (χ3n) is 3.68. The summed E-state index contributed by atoms with van der Waals surface area (Å²) in [6.07, 6.45) is 2.34. The zero-order chi connectivity index (χ0) is 13.8. The van der Waals surface area contributed by atoms with Crippen molar-refractivity contribution in [3.05, 3.63) is 0 Å². The summed E-state index contributed by atoms with van der Waals surface area (Å²) in [6.45, 7) is 9.41. The Kier molecular flexibility index (Phi) is 5.13. The van der Waals surface area contributed by atoms with Crippen LogP contribution in [0.2, 0.25) is 0 Å². The normalized spacial score (nSPS) is 23.6. The fraction of sp³-hybridized carbons (Fsp3) is 0.923. The predicted octanol–water partition coefficient (Wildman–Crippen LogP) is 1.07. The van der Waals surface area contributed by atoms with Gasteiger partial charge in [0.25, 0.3) is 0 Å². The first-order chi connectivity index (χ1) is 8.26. The lowest BCUT2D eigenvalue weighted by atomic mass is 9.95. The van der Waals surface area contributed by atoms with Gasteiger partial charge in [-0.3, -0.25) is 9.69 Å². The second kappa shape index (κ2) is 5.99. The molecule has 1 rings (SSSR count). The highest BCUT2D eigenvalue weighted by Gasteiger charge is 2.30. The van der Waals surface area contributed by atoms with E-state index in [1.54, 1.807) is 6.92 Å². The van der Waals surface area contributed by atoms with Crippen LogP contribution in [0, 0.1) is 0 Å². The SMILES string of the molecule is CC(N)(CCCCN1CCOCC1(C)C)C(=O)O. The average Bonchev–Trinajstić information content (AvgIpc) is 2.25. The van der Waals surface area contributed by atoms with Crippen molar-refractivity contribution >= 4 is 5.97 Å². The quantitative estimate of drug-likeness (QED) is 0.697. The van der Waals surface area contributed by atoms with Crippen LogP contribution in [0.4, 0.5) is 0 Å². The standard InChI is InChI=1S/C13H26N2O3/c1-12(2)10-18-9-8-15(12)7-5-4-6-13(3,14)11(16)17/h4-10,14H2,1-3H3,(H,16,17). The maximum Gasteiger partial charge on any atom is 0.323 e. The second-order valence-corrected chi connectivity index (χ2v) is 6.03. The third-order valence-corrected chi connectivity index (χ3v) is 3.68. The summed E-state index contributed by atoms with van der Waals surface area (Å²) >= 11 is 0. The number of nitrogens with zero attached hydrogens (tertiary/aromatic N) is 1. The number of carbonyl (C=O) groups is 1. The molecular formula is C13H26N2O3. The van der Waals surface area contributed by atoms with Gasteiger partial charge in [-0.05, 0) is 46.6 Å². The molecule has 0 saturated carbocycles. The van der Waals surface area contributed by atoms with Crippen molar-refractivity contribution in [3.63, 3.8) is 0 Å². The van der Waals surface area contributed by atoms with Gasteiger partial charge in [0.1, 0.15) is 5.54 Å². The molecule has 0 aromatic carbocycles. The van der Waals surface area contributed by atoms with Crippen LogP contribution < -0.4 is 5.73 Å². The van der Waals surface area contributed by atoms with E-state index in [9.17, 15) is 4.79 Å². The average molecular weight is 258 g/mol. The summed E-state index contributed by atoms with van der Waals surface area (Å²) in [5.74, 6) is -0.922. The molecule has 0 aromatic heterocycles. The molecule has 0 bridgehead atoms. The molecule has 1 aliphatic heterocycles. The summed E-state index contributed by atoms with van der Waals surface area (Å²) in [7, 11) is 0. The van der Waals surface area contributed by atoms with Gasteiger partial charge in [-0.25, -0.2) is 0 Å². The summed E-state index contributed by atoms with van der Waals surface area (Å²) in [6, 6.07) is 0. The Morgan fingerprint density at radius 1 is 1.50 bits per heavy atom. The maximum atomic E-state index is 10.9. The molecule has 5 heteroatoms. The molecule has 5 nitrogen and oxygen atoms in total. The van der Waals surface area contributed by atoms with Crippen LogP contribution in [-0.4, -0.2) is 53.4 Å². The van der Waals surface area contributed by atoms with Crippen molar-refractivity contribution in [1.29, 1.82) is 0 Å². The van der Waals surface area contributed by atoms with Crippen LogP contribution >= 0.6 is 0 Å². The van der Waals surface area contributed by atoms with E-state index in [0.29, 0.717) is 6.42 Å². The minimum Gasteiger partial charge on any atom is -0.480 e. The molecular weight excluding hydrogens is 232 g/mol. The Hall–Kier alpha value is -0.650. The van der Waals surface area contributed by atoms with Gasteiger partial charge in [0.2, 0.25) is 0 Å². The Morgan fingerprint density at radius 3 is 2.72 bits per heavy atom. The molecule has 18 heavy (non-hydrogen) atoms. The fourth-order valence-corrected chi connectivity index (χ4v) is 2.21. The van der Waals surface area contributed by atoms with Crippen molar-refractivity contribution in [3.8, 4) is 0 Å². The van der Waals surface area contributed by atoms with E-state index in [4.69, 9.17) is 15.6 Å². The van der Waals surface area contributed by atoms with Gasteiger partial charge in [-0.15, -0.1) is 0 Å². The number of nitrogens with two attached hydrogens (primary N) is 1. The number of aliphatic carboxylic acids is 1. The number of unbranched alkanes of at least 4 members (excludes halogenated alkanes) is 1. The van der Waals surface area contributed by atoms with Gasteiger partial charge >= 0.3 is 5.97 Å². The lowest BCUT2D eigenvalue weighted by molar-refractivity contribution is -0.142. The molecule has 1 saturated heterocycles. The third kappa shape index (κ3) is 4.23. The number of carboxylic acid groups (broad SMARTS) is 1. The highest BCUT2D eigenvalue weighted by Crippen LogP contribution is 2.20. The predicted molar refractivity (Wildman–Crippen MR) is 70.6 cm³/mol. The highest BCUT2D eigenvalue weighted by molar-refractivity contribution is 5.77. The Bertz CT molecular complexity index is 290. The van der Waals surface area contributed by atoms with Crippen LogP contribution in [-0.2, 0) is 9.53 Å². The maximum absolute atomic E-state index is 10.9. The number of hydrogen-bond donors (Lipinski definition) is 2. The zero-order valence-electron chi connectivity index (χ0n) is 11.7. The van der Waals surface area contributed by atoms with Gasteiger partial charge in [-0.1, -0.05) is 0 Å². The lowest BCUT2D eigenvalue weighted by Crippen LogP contribution is -2.53. The van der Waals surface area contributed by atoms with Crippen molar-refractivity contribution < 1.29 is 14.6 Å². The molecule has 0 aromatic rings. The van der Waals surface area contributed by atoms with E-state index in [1.165, 1.54) is 0 Å². The van der Waals surface area contributed by atoms with Gasteiger partial charge in [0, 0.05) is 12.1 Å². The molecule has 1 unspecified atom stereocenters. The van der Waals surface area contributed by atoms with E-state index in [-0.39, 0.29) is 5.54 Å². The summed E-state index contributed by atoms with van der Waals surface area (Å²) in [5.41, 5.74) is 4.68. The van der Waals surface area contributed by atoms with Gasteiger partial charge in [0.15, 0.2) is 0 Å². The monoisotopic (exact) mass is 258 g/mol. The van der Waals surface area contributed by atoms with Crippen molar-refractivity contribution in [2.75, 3.05) is 26.3 Å². The minimum absolute atomic E-state index is 0.0804. The number of ether oxygens (including phenoxy) is 1. The van der Waals surface area contributed by atoms with Crippen molar-refractivity contribution in [2.45, 2.75) is 51.1 Å². The minimum atomic E-state index is -1.10. The zero-order valence-corrected chi connectivity index (χ0v) is 11.7. The molecule has 106 valence electrons. The summed E-state index contributed by atoms with van der Waals surface area (Å²) in [5, 5.41) is 8.92. The first-order valence-electron chi connectivity index (χ1n) is 6.61. The first-order valence-corrected chi connectivity index (χ1v) is 6.61. The van der Waals surface area contributed by atoms with Crippen molar-refractivity contribution in [2.24, 2.45) is 5.73 Å². The van der Waals surface area contributed by atoms with Crippen LogP contribution in [0.25, 0.3) is 0 Å². The summed E-state index contributed by atoms with van der Waals surface area (Å²) < 4.78 is 5.47. The fourth-order valence-electron chi connectivity index (χ4n) is 2.21. The smallest absolute Gasteiger partial charge is 0.323 e. The molecule has 1 atom stereocenters. The van der Waals surface area contributed by atoms with Gasteiger partial charge in [-0.2, -0.15) is 0 Å². The van der Waals surface area contributed by atoms with E-state index in [0.717, 1.165) is 39.1 Å². The number of carboxylic acids is 1. The molecule has 0 spiro atoms. The topological polar surface area (TPSA) is 75.8 Å². The number of rotatable bonds is 6. The van der Waals surface area contributed by atoms with E-state index < -0.39 is 11.5 Å². The Balaban J connectivity index is 2.27. The van der Waals surface area contributed by atoms with E-state index in [1.807, 2.05) is 0 Å². The first kappa shape index (κ1) is 15.4. The Labute approximate surface area is 109 Å².